The number of nitrogens with zero attached hydrogens (tertiary/aromatic N) is 1. The second-order valence-electron chi connectivity index (χ2n) is 3.74. The maximum absolute atomic E-state index is 11.9. The van der Waals surface area contributed by atoms with E-state index in [0.717, 1.165) is 4.90 Å². The number of benzene rings is 1. The van der Waals surface area contributed by atoms with E-state index in [2.05, 4.69) is 5.32 Å². The van der Waals surface area contributed by atoms with Crippen molar-refractivity contribution >= 4 is 17.6 Å². The van der Waals surface area contributed by atoms with Gasteiger partial charge in [0.15, 0.2) is 0 Å². The fourth-order valence-corrected chi connectivity index (χ4v) is 1.80. The van der Waals surface area contributed by atoms with E-state index in [0.29, 0.717) is 30.8 Å². The molecule has 17 heavy (non-hydrogen) atoms. The summed E-state index contributed by atoms with van der Waals surface area (Å²) in [5, 5.41) is 2.69. The number of hydrogen-bond donors (Lipinski definition) is 1. The number of methoxy groups -OCH3 is 1. The number of hydrogen-bond acceptors (Lipinski definition) is 3. The van der Waals surface area contributed by atoms with Gasteiger partial charge in [-0.15, -0.1) is 0 Å². The highest BCUT2D eigenvalue weighted by Gasteiger charge is 2.27. The predicted molar refractivity (Wildman–Crippen MR) is 63.1 cm³/mol. The van der Waals surface area contributed by atoms with E-state index >= 15 is 0 Å². The molecule has 1 heterocycles. The molecule has 0 aliphatic carbocycles. The first-order chi connectivity index (χ1) is 8.24. The van der Waals surface area contributed by atoms with E-state index in [1.165, 1.54) is 7.11 Å². The van der Waals surface area contributed by atoms with Crippen LogP contribution in [-0.4, -0.2) is 25.6 Å². The molecule has 0 atom stereocenters. The molecule has 90 valence electrons. The molecule has 0 radical (unpaired) electrons. The number of ether oxygens (including phenoxy) is 1. The Kier molecular flexibility index (Phi) is 3.27. The molecule has 0 bridgehead atoms. The molecule has 1 fully saturated rings. The standard InChI is InChI=1S/C12H14N2O3/c1-17-10-6-3-2-5-9(10)14-11(15)7-4-8-13-12(14)16/h2-3,5-6H,4,7-8H2,1H3,(H,13,16). The molecule has 2 rings (SSSR count). The van der Waals surface area contributed by atoms with Gasteiger partial charge in [-0.25, -0.2) is 9.69 Å². The highest BCUT2D eigenvalue weighted by molar-refractivity contribution is 6.15. The summed E-state index contributed by atoms with van der Waals surface area (Å²) in [6.07, 6.45) is 1.02. The number of rotatable bonds is 2. The minimum atomic E-state index is -0.392. The third-order valence-corrected chi connectivity index (χ3v) is 2.62. The van der Waals surface area contributed by atoms with E-state index < -0.39 is 6.03 Å². The number of urea groups is 1. The molecule has 1 aromatic carbocycles. The van der Waals surface area contributed by atoms with Crippen molar-refractivity contribution in [2.45, 2.75) is 12.8 Å². The Morgan fingerprint density at radius 1 is 1.29 bits per heavy atom. The second-order valence-corrected chi connectivity index (χ2v) is 3.74. The SMILES string of the molecule is COc1ccccc1N1C(=O)CCCNC1=O. The largest absolute Gasteiger partial charge is 0.495 e. The average Bonchev–Trinajstić information content (AvgIpc) is 2.51. The fourth-order valence-electron chi connectivity index (χ4n) is 1.80. The molecule has 1 saturated heterocycles. The fraction of sp³-hybridized carbons (Fsp3) is 0.333. The van der Waals surface area contributed by atoms with Gasteiger partial charge in [-0.3, -0.25) is 4.79 Å². The van der Waals surface area contributed by atoms with Gasteiger partial charge < -0.3 is 10.1 Å². The lowest BCUT2D eigenvalue weighted by Crippen LogP contribution is -2.41. The van der Waals surface area contributed by atoms with Gasteiger partial charge in [0.2, 0.25) is 5.91 Å². The molecular weight excluding hydrogens is 220 g/mol. The third-order valence-electron chi connectivity index (χ3n) is 2.62. The topological polar surface area (TPSA) is 58.6 Å². The lowest BCUT2D eigenvalue weighted by Gasteiger charge is -2.20. The van der Waals surface area contributed by atoms with Gasteiger partial charge in [-0.2, -0.15) is 0 Å². The highest BCUT2D eigenvalue weighted by atomic mass is 16.5. The maximum atomic E-state index is 11.9. The molecule has 1 aliphatic heterocycles. The van der Waals surface area contributed by atoms with Crippen molar-refractivity contribution in [2.24, 2.45) is 0 Å². The summed E-state index contributed by atoms with van der Waals surface area (Å²) in [5.41, 5.74) is 0.486. The molecule has 5 heteroatoms. The van der Waals surface area contributed by atoms with E-state index in [1.807, 2.05) is 0 Å². The number of carbonyl (C=O) groups is 2. The molecule has 0 saturated carbocycles. The van der Waals surface area contributed by atoms with Gasteiger partial charge in [0.1, 0.15) is 5.75 Å². The Bertz CT molecular complexity index is 427. The smallest absolute Gasteiger partial charge is 0.328 e. The Balaban J connectivity index is 2.41. The summed E-state index contributed by atoms with van der Waals surface area (Å²) in [6, 6.07) is 6.59. The number of carbonyl (C=O) groups excluding carboxylic acids is 2. The lowest BCUT2D eigenvalue weighted by atomic mass is 10.2. The highest BCUT2D eigenvalue weighted by Crippen LogP contribution is 2.28. The predicted octanol–water partition coefficient (Wildman–Crippen LogP) is 1.53. The van der Waals surface area contributed by atoms with E-state index in [1.54, 1.807) is 24.3 Å². The molecule has 3 amide bonds. The average molecular weight is 234 g/mol. The summed E-state index contributed by atoms with van der Waals surface area (Å²) in [5.74, 6) is 0.308. The van der Waals surface area contributed by atoms with Crippen LogP contribution in [0.3, 0.4) is 0 Å². The first kappa shape index (κ1) is 11.4. The summed E-state index contributed by atoms with van der Waals surface area (Å²) in [4.78, 5) is 24.9. The van der Waals surface area contributed by atoms with Crippen molar-refractivity contribution in [1.82, 2.24) is 5.32 Å². The monoisotopic (exact) mass is 234 g/mol. The Morgan fingerprint density at radius 2 is 2.06 bits per heavy atom. The molecule has 0 unspecified atom stereocenters. The van der Waals surface area contributed by atoms with Gasteiger partial charge in [0.05, 0.1) is 12.8 Å². The summed E-state index contributed by atoms with van der Waals surface area (Å²) in [7, 11) is 1.51. The Labute approximate surface area is 99.4 Å². The van der Waals surface area contributed by atoms with Crippen LogP contribution in [0.5, 0.6) is 5.75 Å². The zero-order valence-corrected chi connectivity index (χ0v) is 9.60. The van der Waals surface area contributed by atoms with Crippen molar-refractivity contribution in [2.75, 3.05) is 18.6 Å². The number of imide groups is 1. The van der Waals surface area contributed by atoms with Crippen molar-refractivity contribution in [3.8, 4) is 5.75 Å². The minimum absolute atomic E-state index is 0.204. The Hall–Kier alpha value is -2.04. The molecule has 0 spiro atoms. The van der Waals surface area contributed by atoms with Crippen LogP contribution in [-0.2, 0) is 4.79 Å². The number of anilines is 1. The van der Waals surface area contributed by atoms with Crippen LogP contribution in [0.25, 0.3) is 0 Å². The van der Waals surface area contributed by atoms with Gasteiger partial charge in [0, 0.05) is 13.0 Å². The maximum Gasteiger partial charge on any atom is 0.328 e. The van der Waals surface area contributed by atoms with E-state index in [4.69, 9.17) is 4.74 Å². The second kappa shape index (κ2) is 4.86. The third kappa shape index (κ3) is 2.22. The normalized spacial score (nSPS) is 16.4. The van der Waals surface area contributed by atoms with Gasteiger partial charge in [-0.05, 0) is 18.6 Å². The molecule has 1 N–H and O–H groups in total. The molecule has 0 aromatic heterocycles. The van der Waals surface area contributed by atoms with Gasteiger partial charge in [0.25, 0.3) is 0 Å². The van der Waals surface area contributed by atoms with Crippen molar-refractivity contribution < 1.29 is 14.3 Å². The number of nitrogens with one attached hydrogen (secondary N) is 1. The van der Waals surface area contributed by atoms with Gasteiger partial charge in [-0.1, -0.05) is 12.1 Å². The van der Waals surface area contributed by atoms with Crippen LogP contribution in [0.4, 0.5) is 10.5 Å². The molecule has 1 aromatic rings. The van der Waals surface area contributed by atoms with Crippen LogP contribution < -0.4 is 15.0 Å². The van der Waals surface area contributed by atoms with Crippen LogP contribution in [0.1, 0.15) is 12.8 Å². The first-order valence-electron chi connectivity index (χ1n) is 5.48. The number of para-hydroxylation sites is 2. The first-order valence-corrected chi connectivity index (χ1v) is 5.48. The summed E-state index contributed by atoms with van der Waals surface area (Å²) >= 11 is 0. The van der Waals surface area contributed by atoms with Crippen LogP contribution in [0.15, 0.2) is 24.3 Å². The van der Waals surface area contributed by atoms with E-state index in [9.17, 15) is 9.59 Å². The summed E-state index contributed by atoms with van der Waals surface area (Å²) in [6.45, 7) is 0.524. The van der Waals surface area contributed by atoms with Crippen molar-refractivity contribution in [3.63, 3.8) is 0 Å². The van der Waals surface area contributed by atoms with Crippen LogP contribution >= 0.6 is 0 Å². The number of amides is 3. The molecule has 5 nitrogen and oxygen atoms in total. The summed E-state index contributed by atoms with van der Waals surface area (Å²) < 4.78 is 5.16. The van der Waals surface area contributed by atoms with Crippen LogP contribution in [0, 0.1) is 0 Å². The molecule has 1 aliphatic rings. The van der Waals surface area contributed by atoms with E-state index in [-0.39, 0.29) is 5.91 Å². The zero-order chi connectivity index (χ0) is 12.3. The molecular formula is C12H14N2O3. The van der Waals surface area contributed by atoms with Crippen molar-refractivity contribution in [3.05, 3.63) is 24.3 Å². The zero-order valence-electron chi connectivity index (χ0n) is 9.60. The van der Waals surface area contributed by atoms with Gasteiger partial charge >= 0.3 is 6.03 Å². The lowest BCUT2D eigenvalue weighted by molar-refractivity contribution is -0.117. The Morgan fingerprint density at radius 3 is 2.82 bits per heavy atom. The quantitative estimate of drug-likeness (QED) is 0.844. The minimum Gasteiger partial charge on any atom is -0.495 e. The van der Waals surface area contributed by atoms with Crippen LogP contribution in [0.2, 0.25) is 0 Å². The van der Waals surface area contributed by atoms with Crippen molar-refractivity contribution in [1.29, 1.82) is 0 Å².